The van der Waals surface area contributed by atoms with Gasteiger partial charge in [0.1, 0.15) is 0 Å². The van der Waals surface area contributed by atoms with Crippen LogP contribution in [0.3, 0.4) is 0 Å². The van der Waals surface area contributed by atoms with Crippen LogP contribution in [0.1, 0.15) is 0 Å². The Morgan fingerprint density at radius 2 is 1.14 bits per heavy atom. The number of fused-ring (bicyclic) bond motifs is 7. The Balaban J connectivity index is 1.86. The molecule has 104 valence electrons. The summed E-state index contributed by atoms with van der Waals surface area (Å²) in [6, 6.07) is 13.9. The van der Waals surface area contributed by atoms with Crippen LogP contribution >= 0.6 is 0 Å². The number of hydrogen-bond acceptors (Lipinski definition) is 0. The normalized spacial score (nSPS) is 12.5. The number of H-pyrrole nitrogens is 2. The summed E-state index contributed by atoms with van der Waals surface area (Å²) < 4.78 is 2.97. The first-order valence-electron chi connectivity index (χ1n) is 7.18. The van der Waals surface area contributed by atoms with Crippen LogP contribution in [0.2, 0.25) is 0 Å². The molecule has 0 aliphatic heterocycles. The van der Waals surface area contributed by atoms with Crippen LogP contribution < -0.4 is 0 Å². The van der Waals surface area contributed by atoms with E-state index in [4.69, 9.17) is 0 Å². The zero-order valence-electron chi connectivity index (χ0n) is 11.4. The molecule has 2 nitrogen and oxygen atoms in total. The van der Waals surface area contributed by atoms with E-state index < -0.39 is 0 Å². The number of benzene rings is 2. The number of rotatable bonds is 0. The van der Waals surface area contributed by atoms with Gasteiger partial charge in [0.2, 0.25) is 0 Å². The fourth-order valence-corrected chi connectivity index (χ4v) is 6.84. The van der Waals surface area contributed by atoms with Crippen molar-refractivity contribution in [1.29, 1.82) is 0 Å². The molecule has 0 saturated heterocycles. The monoisotopic (exact) mass is 414 g/mol. The van der Waals surface area contributed by atoms with Gasteiger partial charge < -0.3 is 0 Å². The third-order valence-corrected chi connectivity index (χ3v) is 8.18. The van der Waals surface area contributed by atoms with Crippen LogP contribution in [0, 0.1) is 0 Å². The van der Waals surface area contributed by atoms with E-state index in [9.17, 15) is 0 Å². The Kier molecular flexibility index (Phi) is 2.14. The molecule has 0 unspecified atom stereocenters. The van der Waals surface area contributed by atoms with Crippen LogP contribution in [0.15, 0.2) is 46.3 Å². The summed E-state index contributed by atoms with van der Waals surface area (Å²) in [6.45, 7) is 0. The summed E-state index contributed by atoms with van der Waals surface area (Å²) in [4.78, 5) is 11.9. The summed E-state index contributed by atoms with van der Waals surface area (Å²) in [5.74, 6) is 0. The van der Waals surface area contributed by atoms with Crippen molar-refractivity contribution in [3.05, 3.63) is 46.3 Å². The van der Waals surface area contributed by atoms with Gasteiger partial charge in [-0.15, -0.1) is 0 Å². The molecule has 0 spiro atoms. The van der Waals surface area contributed by atoms with Crippen molar-refractivity contribution in [3.63, 3.8) is 0 Å². The second kappa shape index (κ2) is 3.98. The maximum absolute atomic E-state index is 3.65. The van der Waals surface area contributed by atoms with Crippen molar-refractivity contribution < 1.29 is 0 Å². The van der Waals surface area contributed by atoms with Crippen molar-refractivity contribution in [2.45, 2.75) is 0 Å². The van der Waals surface area contributed by atoms with Crippen molar-refractivity contribution in [3.8, 4) is 0 Å². The van der Waals surface area contributed by atoms with Crippen molar-refractivity contribution in [2.75, 3.05) is 0 Å². The molecule has 6 rings (SSSR count). The maximum atomic E-state index is 3.65. The topological polar surface area (TPSA) is 31.6 Å². The van der Waals surface area contributed by atoms with Crippen LogP contribution in [-0.4, -0.2) is 39.0 Å². The number of hydrogen-bond donors (Lipinski definition) is 2. The fourth-order valence-electron chi connectivity index (χ4n) is 3.44. The van der Waals surface area contributed by atoms with Crippen LogP contribution in [0.5, 0.6) is 0 Å². The molecule has 0 amide bonds. The third-order valence-electron chi connectivity index (χ3n) is 4.49. The van der Waals surface area contributed by atoms with Gasteiger partial charge >= 0.3 is 137 Å². The average Bonchev–Trinajstić information content (AvgIpc) is 3.25. The van der Waals surface area contributed by atoms with E-state index in [-0.39, 0.29) is 0 Å². The zero-order chi connectivity index (χ0) is 14.3. The standard InChI is InChI=1S/C18H10N2Se2/c1-3-21-15-7-13-11(5-9(1)15)17-18(19-13)12-6-10-2-4-22-16(10)8-14(12)20-17/h1-8,19-20H. The second-order valence-electron chi connectivity index (χ2n) is 5.71. The van der Waals surface area contributed by atoms with Gasteiger partial charge in [0.05, 0.1) is 0 Å². The van der Waals surface area contributed by atoms with Crippen molar-refractivity contribution in [1.82, 2.24) is 9.97 Å². The summed E-state index contributed by atoms with van der Waals surface area (Å²) >= 11 is 0.996. The van der Waals surface area contributed by atoms with Crippen LogP contribution in [-0.2, 0) is 0 Å². The Morgan fingerprint density at radius 3 is 1.64 bits per heavy atom. The molecule has 0 aliphatic carbocycles. The van der Waals surface area contributed by atoms with Crippen molar-refractivity contribution in [2.24, 2.45) is 0 Å². The minimum absolute atomic E-state index is 0.498. The van der Waals surface area contributed by atoms with Gasteiger partial charge in [-0.1, -0.05) is 0 Å². The molecule has 0 atom stereocenters. The molecule has 4 heteroatoms. The molecule has 4 heterocycles. The number of aromatic nitrogens is 2. The zero-order valence-corrected chi connectivity index (χ0v) is 14.9. The number of aromatic amines is 2. The van der Waals surface area contributed by atoms with E-state index in [0.29, 0.717) is 29.0 Å². The van der Waals surface area contributed by atoms with Gasteiger partial charge in [-0.25, -0.2) is 0 Å². The second-order valence-corrected chi connectivity index (χ2v) is 9.69. The molecular weight excluding hydrogens is 402 g/mol. The van der Waals surface area contributed by atoms with E-state index in [1.165, 1.54) is 52.1 Å². The molecule has 2 aromatic carbocycles. The molecule has 0 fully saturated rings. The summed E-state index contributed by atoms with van der Waals surface area (Å²) in [7, 11) is 0. The predicted molar refractivity (Wildman–Crippen MR) is 96.6 cm³/mol. The van der Waals surface area contributed by atoms with E-state index in [0.717, 1.165) is 0 Å². The summed E-state index contributed by atoms with van der Waals surface area (Å²) in [5.41, 5.74) is 5.02. The predicted octanol–water partition coefficient (Wildman–Crippen LogP) is 4.22. The van der Waals surface area contributed by atoms with Gasteiger partial charge in [-0.05, 0) is 0 Å². The molecule has 0 radical (unpaired) electrons. The first-order valence-corrected chi connectivity index (χ1v) is 10.9. The van der Waals surface area contributed by atoms with E-state index in [1.54, 1.807) is 0 Å². The molecule has 0 bridgehead atoms. The SMILES string of the molecule is c1cc2cc3c(cc2[se]1)[nH]c1c2cc4cc[se]c4cc2[nH]c31. The first kappa shape index (κ1) is 11.8. The molecular formula is C18H10N2Se2. The van der Waals surface area contributed by atoms with Crippen molar-refractivity contribution >= 4 is 81.1 Å². The average molecular weight is 412 g/mol. The third kappa shape index (κ3) is 1.41. The quantitative estimate of drug-likeness (QED) is 0.350. The Hall–Kier alpha value is -1.70. The van der Waals surface area contributed by atoms with Crippen LogP contribution in [0.4, 0.5) is 0 Å². The molecule has 22 heavy (non-hydrogen) atoms. The van der Waals surface area contributed by atoms with E-state index in [1.807, 2.05) is 0 Å². The summed E-state index contributed by atoms with van der Waals surface area (Å²) in [5, 5.41) is 5.41. The molecule has 4 aromatic heterocycles. The molecule has 0 aliphatic rings. The van der Waals surface area contributed by atoms with Crippen LogP contribution in [0.25, 0.3) is 52.1 Å². The van der Waals surface area contributed by atoms with Gasteiger partial charge in [0.25, 0.3) is 0 Å². The van der Waals surface area contributed by atoms with E-state index >= 15 is 0 Å². The summed E-state index contributed by atoms with van der Waals surface area (Å²) in [6.07, 6.45) is 0. The Labute approximate surface area is 137 Å². The Bertz CT molecular complexity index is 1220. The van der Waals surface area contributed by atoms with Gasteiger partial charge in [0, 0.05) is 0 Å². The van der Waals surface area contributed by atoms with Gasteiger partial charge in [0.15, 0.2) is 0 Å². The van der Waals surface area contributed by atoms with E-state index in [2.05, 4.69) is 56.2 Å². The minimum atomic E-state index is 0.498. The molecule has 0 saturated carbocycles. The number of nitrogens with one attached hydrogen (secondary N) is 2. The fraction of sp³-hybridized carbons (Fsp3) is 0. The van der Waals surface area contributed by atoms with Gasteiger partial charge in [-0.2, -0.15) is 0 Å². The Morgan fingerprint density at radius 1 is 0.636 bits per heavy atom. The first-order chi connectivity index (χ1) is 10.9. The van der Waals surface area contributed by atoms with Gasteiger partial charge in [-0.3, -0.25) is 0 Å². The molecule has 6 aromatic rings. The molecule has 2 N–H and O–H groups in total.